The van der Waals surface area contributed by atoms with Crippen molar-refractivity contribution >= 4 is 28.8 Å². The molecule has 0 N–H and O–H groups in total. The monoisotopic (exact) mass is 285 g/mol. The van der Waals surface area contributed by atoms with Gasteiger partial charge in [0.25, 0.3) is 5.69 Å². The Balaban J connectivity index is 3.55. The molecule has 0 aliphatic rings. The van der Waals surface area contributed by atoms with E-state index < -0.39 is 10.9 Å². The lowest BCUT2D eigenvalue weighted by atomic mass is 10.1. The van der Waals surface area contributed by atoms with Gasteiger partial charge in [0.1, 0.15) is 6.20 Å². The molecule has 0 fully saturated rings. The largest absolute Gasteiger partial charge is 0.465 e. The smallest absolute Gasteiger partial charge is 0.340 e. The van der Waals surface area contributed by atoms with Gasteiger partial charge in [0.05, 0.1) is 28.2 Å². The first-order valence-corrected chi connectivity index (χ1v) is 5.51. The molecule has 0 aliphatic carbocycles. The Bertz CT molecular complexity index is 543. The number of halogens is 1. The fraction of sp³-hybridized carbons (Fsp3) is 0.273. The van der Waals surface area contributed by atoms with E-state index in [2.05, 4.69) is 9.72 Å². The molecule has 1 aromatic rings. The summed E-state index contributed by atoms with van der Waals surface area (Å²) in [6, 6.07) is 0. The number of carbonyl (C=O) groups excluding carboxylic acids is 1. The molecule has 7 nitrogen and oxygen atoms in total. The number of carbonyl (C=O) groups is 1. The molecule has 0 amide bonds. The first-order valence-electron chi connectivity index (χ1n) is 5.13. The Labute approximate surface area is 114 Å². The van der Waals surface area contributed by atoms with Crippen molar-refractivity contribution in [1.29, 1.82) is 0 Å². The number of hydrogen-bond donors (Lipinski definition) is 0. The SMILES string of the molecule is COC(=O)C(=CN(C)C)c1c(Cl)cncc1[N+](=O)[O-]. The molecule has 0 saturated carbocycles. The summed E-state index contributed by atoms with van der Waals surface area (Å²) in [5.74, 6) is -0.718. The molecule has 0 aliphatic heterocycles. The van der Waals surface area contributed by atoms with Gasteiger partial charge in [0.15, 0.2) is 0 Å². The molecule has 0 aromatic carbocycles. The van der Waals surface area contributed by atoms with Crippen molar-refractivity contribution in [2.24, 2.45) is 0 Å². The summed E-state index contributed by atoms with van der Waals surface area (Å²) in [5, 5.41) is 11.0. The lowest BCUT2D eigenvalue weighted by Crippen LogP contribution is -2.12. The zero-order valence-electron chi connectivity index (χ0n) is 10.6. The van der Waals surface area contributed by atoms with Crippen molar-refractivity contribution in [2.75, 3.05) is 21.2 Å². The number of nitro groups is 1. The highest BCUT2D eigenvalue weighted by molar-refractivity contribution is 6.35. The van der Waals surface area contributed by atoms with Crippen LogP contribution in [0.3, 0.4) is 0 Å². The van der Waals surface area contributed by atoms with Crippen molar-refractivity contribution < 1.29 is 14.5 Å². The third-order valence-corrected chi connectivity index (χ3v) is 2.42. The Morgan fingerprint density at radius 2 is 2.16 bits per heavy atom. The van der Waals surface area contributed by atoms with Crippen molar-refractivity contribution in [3.8, 4) is 0 Å². The summed E-state index contributed by atoms with van der Waals surface area (Å²) in [5.41, 5.74) is -0.375. The van der Waals surface area contributed by atoms with Crippen molar-refractivity contribution in [3.63, 3.8) is 0 Å². The minimum Gasteiger partial charge on any atom is -0.465 e. The molecule has 1 heterocycles. The third kappa shape index (κ3) is 3.41. The second kappa shape index (κ2) is 6.14. The normalized spacial score (nSPS) is 11.1. The second-order valence-electron chi connectivity index (χ2n) is 3.77. The molecule has 0 unspecified atom stereocenters. The zero-order valence-corrected chi connectivity index (χ0v) is 11.3. The third-order valence-electron chi connectivity index (χ3n) is 2.14. The topological polar surface area (TPSA) is 85.6 Å². The van der Waals surface area contributed by atoms with Crippen LogP contribution in [0.2, 0.25) is 5.02 Å². The summed E-state index contributed by atoms with van der Waals surface area (Å²) >= 11 is 5.92. The van der Waals surface area contributed by atoms with Crippen LogP contribution < -0.4 is 0 Å². The molecular weight excluding hydrogens is 274 g/mol. The van der Waals surface area contributed by atoms with Crippen LogP contribution >= 0.6 is 11.6 Å². The summed E-state index contributed by atoms with van der Waals surface area (Å²) < 4.78 is 4.62. The Hall–Kier alpha value is -2.15. The predicted molar refractivity (Wildman–Crippen MR) is 69.6 cm³/mol. The zero-order chi connectivity index (χ0) is 14.6. The van der Waals surface area contributed by atoms with Gasteiger partial charge in [0, 0.05) is 26.5 Å². The standard InChI is InChI=1S/C11H12ClN3O4/c1-14(2)6-7(11(16)19-3)10-8(12)4-13-5-9(10)15(17)18/h4-6H,1-3H3. The van der Waals surface area contributed by atoms with E-state index in [4.69, 9.17) is 11.6 Å². The van der Waals surface area contributed by atoms with Crippen LogP contribution in [0, 0.1) is 10.1 Å². The first-order chi connectivity index (χ1) is 8.88. The van der Waals surface area contributed by atoms with E-state index in [1.54, 1.807) is 19.0 Å². The van der Waals surface area contributed by atoms with Crippen LogP contribution in [-0.2, 0) is 9.53 Å². The molecule has 102 valence electrons. The molecule has 0 bridgehead atoms. The van der Waals surface area contributed by atoms with Gasteiger partial charge in [-0.2, -0.15) is 0 Å². The summed E-state index contributed by atoms with van der Waals surface area (Å²) in [6.07, 6.45) is 3.67. The number of pyridine rings is 1. The lowest BCUT2D eigenvalue weighted by molar-refractivity contribution is -0.385. The molecule has 8 heteroatoms. The maximum absolute atomic E-state index is 11.8. The van der Waals surface area contributed by atoms with E-state index in [0.717, 1.165) is 6.20 Å². The predicted octanol–water partition coefficient (Wildman–Crippen LogP) is 1.72. The number of ether oxygens (including phenoxy) is 1. The van der Waals surface area contributed by atoms with E-state index in [1.807, 2.05) is 0 Å². The highest BCUT2D eigenvalue weighted by atomic mass is 35.5. The van der Waals surface area contributed by atoms with Gasteiger partial charge in [-0.3, -0.25) is 15.1 Å². The number of esters is 1. The molecule has 1 aromatic heterocycles. The number of rotatable bonds is 4. The van der Waals surface area contributed by atoms with Crippen LogP contribution in [0.25, 0.3) is 5.57 Å². The summed E-state index contributed by atoms with van der Waals surface area (Å²) in [7, 11) is 4.53. The quantitative estimate of drug-likeness (QED) is 0.362. The summed E-state index contributed by atoms with van der Waals surface area (Å²) in [6.45, 7) is 0. The maximum atomic E-state index is 11.8. The Kier molecular flexibility index (Phi) is 4.82. The van der Waals surface area contributed by atoms with Gasteiger partial charge in [-0.25, -0.2) is 4.79 Å². The fourth-order valence-electron chi connectivity index (χ4n) is 1.42. The highest BCUT2D eigenvalue weighted by Gasteiger charge is 2.26. The molecule has 0 radical (unpaired) electrons. The van der Waals surface area contributed by atoms with Crippen LogP contribution in [0.1, 0.15) is 5.56 Å². The molecule has 1 rings (SSSR count). The van der Waals surface area contributed by atoms with Crippen LogP contribution in [0.15, 0.2) is 18.6 Å². The fourth-order valence-corrected chi connectivity index (χ4v) is 1.67. The maximum Gasteiger partial charge on any atom is 0.340 e. The van der Waals surface area contributed by atoms with Gasteiger partial charge < -0.3 is 9.64 Å². The van der Waals surface area contributed by atoms with Crippen molar-refractivity contribution in [2.45, 2.75) is 0 Å². The van der Waals surface area contributed by atoms with Gasteiger partial charge in [-0.05, 0) is 0 Å². The summed E-state index contributed by atoms with van der Waals surface area (Å²) in [4.78, 5) is 27.3. The highest BCUT2D eigenvalue weighted by Crippen LogP contribution is 2.32. The average molecular weight is 286 g/mol. The molecule has 19 heavy (non-hydrogen) atoms. The van der Waals surface area contributed by atoms with Crippen LogP contribution in [0.4, 0.5) is 5.69 Å². The number of methoxy groups -OCH3 is 1. The van der Waals surface area contributed by atoms with E-state index in [1.165, 1.54) is 19.5 Å². The number of hydrogen-bond acceptors (Lipinski definition) is 6. The second-order valence-corrected chi connectivity index (χ2v) is 4.18. The van der Waals surface area contributed by atoms with Crippen molar-refractivity contribution in [1.82, 2.24) is 9.88 Å². The average Bonchev–Trinajstić information content (AvgIpc) is 2.34. The minimum absolute atomic E-state index is 0.00713. The lowest BCUT2D eigenvalue weighted by Gasteiger charge is -2.11. The number of aromatic nitrogens is 1. The van der Waals surface area contributed by atoms with Gasteiger partial charge in [0.2, 0.25) is 0 Å². The van der Waals surface area contributed by atoms with E-state index in [-0.39, 0.29) is 21.8 Å². The van der Waals surface area contributed by atoms with Crippen molar-refractivity contribution in [3.05, 3.63) is 39.3 Å². The number of nitrogens with zero attached hydrogens (tertiary/aromatic N) is 3. The van der Waals surface area contributed by atoms with Crippen LogP contribution in [0.5, 0.6) is 0 Å². The molecule has 0 atom stereocenters. The Morgan fingerprint density at radius 1 is 1.53 bits per heavy atom. The van der Waals surface area contributed by atoms with E-state index in [9.17, 15) is 14.9 Å². The molecular formula is C11H12ClN3O4. The van der Waals surface area contributed by atoms with Crippen LogP contribution in [-0.4, -0.2) is 42.0 Å². The van der Waals surface area contributed by atoms with E-state index in [0.29, 0.717) is 0 Å². The molecule has 0 spiro atoms. The van der Waals surface area contributed by atoms with Gasteiger partial charge in [-0.1, -0.05) is 11.6 Å². The first kappa shape index (κ1) is 14.9. The van der Waals surface area contributed by atoms with E-state index >= 15 is 0 Å². The van der Waals surface area contributed by atoms with Gasteiger partial charge in [-0.15, -0.1) is 0 Å². The molecule has 0 saturated heterocycles. The minimum atomic E-state index is -0.718. The Morgan fingerprint density at radius 3 is 2.63 bits per heavy atom. The van der Waals surface area contributed by atoms with Gasteiger partial charge >= 0.3 is 5.97 Å².